The molecular formula is C22H21FN4O2. The number of carbonyl (C=O) groups is 2. The van der Waals surface area contributed by atoms with Crippen molar-refractivity contribution in [2.75, 3.05) is 6.54 Å². The van der Waals surface area contributed by atoms with E-state index in [0.717, 1.165) is 5.56 Å². The van der Waals surface area contributed by atoms with Gasteiger partial charge in [-0.3, -0.25) is 14.3 Å². The van der Waals surface area contributed by atoms with Crippen LogP contribution in [0.3, 0.4) is 0 Å². The fraction of sp³-hybridized carbons (Fsp3) is 0.227. The van der Waals surface area contributed by atoms with E-state index in [2.05, 4.69) is 10.4 Å². The van der Waals surface area contributed by atoms with Crippen molar-refractivity contribution in [3.05, 3.63) is 89.0 Å². The van der Waals surface area contributed by atoms with Gasteiger partial charge in [-0.1, -0.05) is 48.5 Å². The zero-order chi connectivity index (χ0) is 20.4. The summed E-state index contributed by atoms with van der Waals surface area (Å²) in [7, 11) is 0. The normalized spacial score (nSPS) is 14.4. The van der Waals surface area contributed by atoms with E-state index in [9.17, 15) is 14.0 Å². The number of amides is 2. The quantitative estimate of drug-likeness (QED) is 0.725. The molecule has 0 fully saturated rings. The molecule has 0 spiro atoms. The predicted molar refractivity (Wildman–Crippen MR) is 106 cm³/mol. The van der Waals surface area contributed by atoms with Gasteiger partial charge in [0.2, 0.25) is 0 Å². The van der Waals surface area contributed by atoms with Crippen LogP contribution in [0.25, 0.3) is 0 Å². The largest absolute Gasteiger partial charge is 0.344 e. The molecule has 0 saturated heterocycles. The third-order valence-corrected chi connectivity index (χ3v) is 5.07. The minimum absolute atomic E-state index is 0.184. The highest BCUT2D eigenvalue weighted by Crippen LogP contribution is 2.19. The topological polar surface area (TPSA) is 67.2 Å². The first-order valence-corrected chi connectivity index (χ1v) is 9.49. The van der Waals surface area contributed by atoms with Crippen molar-refractivity contribution in [2.45, 2.75) is 26.1 Å². The molecular weight excluding hydrogens is 371 g/mol. The number of carbonyl (C=O) groups excluding carboxylic acids is 2. The van der Waals surface area contributed by atoms with E-state index in [-0.39, 0.29) is 35.9 Å². The van der Waals surface area contributed by atoms with Crippen LogP contribution in [-0.4, -0.2) is 33.0 Å². The fourth-order valence-corrected chi connectivity index (χ4v) is 3.43. The van der Waals surface area contributed by atoms with E-state index < -0.39 is 0 Å². The number of nitrogens with zero attached hydrogens (tertiary/aromatic N) is 3. The smallest absolute Gasteiger partial charge is 0.272 e. The van der Waals surface area contributed by atoms with Crippen molar-refractivity contribution in [1.82, 2.24) is 20.0 Å². The Morgan fingerprint density at radius 3 is 2.62 bits per heavy atom. The molecule has 0 aliphatic carbocycles. The van der Waals surface area contributed by atoms with E-state index in [1.807, 2.05) is 37.3 Å². The van der Waals surface area contributed by atoms with Crippen LogP contribution in [0, 0.1) is 5.82 Å². The first kappa shape index (κ1) is 18.9. The van der Waals surface area contributed by atoms with E-state index in [0.29, 0.717) is 24.3 Å². The molecule has 0 radical (unpaired) electrons. The average Bonchev–Trinajstić information content (AvgIpc) is 3.18. The van der Waals surface area contributed by atoms with E-state index >= 15 is 0 Å². The number of halogens is 1. The highest BCUT2D eigenvalue weighted by Gasteiger charge is 2.28. The van der Waals surface area contributed by atoms with E-state index in [1.165, 1.54) is 12.1 Å². The first-order chi connectivity index (χ1) is 14.0. The second-order valence-corrected chi connectivity index (χ2v) is 7.06. The molecule has 0 unspecified atom stereocenters. The SMILES string of the molecule is C[C@H](NC(=O)c1cc2n(n1)CCN(Cc1ccccc1F)C2=O)c1ccccc1. The van der Waals surface area contributed by atoms with Crippen molar-refractivity contribution in [1.29, 1.82) is 0 Å². The maximum Gasteiger partial charge on any atom is 0.272 e. The number of hydrogen-bond acceptors (Lipinski definition) is 3. The number of benzene rings is 2. The lowest BCUT2D eigenvalue weighted by Crippen LogP contribution is -2.40. The minimum Gasteiger partial charge on any atom is -0.344 e. The van der Waals surface area contributed by atoms with Crippen molar-refractivity contribution in [3.63, 3.8) is 0 Å². The van der Waals surface area contributed by atoms with Gasteiger partial charge in [0, 0.05) is 24.7 Å². The molecule has 0 saturated carbocycles. The van der Waals surface area contributed by atoms with Gasteiger partial charge in [0.25, 0.3) is 11.8 Å². The number of nitrogens with one attached hydrogen (secondary N) is 1. The van der Waals surface area contributed by atoms with Gasteiger partial charge in [-0.2, -0.15) is 5.10 Å². The van der Waals surface area contributed by atoms with Crippen LogP contribution >= 0.6 is 0 Å². The Kier molecular flexibility index (Phi) is 5.12. The summed E-state index contributed by atoms with van der Waals surface area (Å²) in [6, 6.07) is 17.3. The Bertz CT molecular complexity index is 1050. The zero-order valence-corrected chi connectivity index (χ0v) is 16.0. The molecule has 0 bridgehead atoms. The lowest BCUT2D eigenvalue weighted by atomic mass is 10.1. The van der Waals surface area contributed by atoms with Gasteiger partial charge < -0.3 is 10.2 Å². The molecule has 148 valence electrons. The number of rotatable bonds is 5. The Morgan fingerprint density at radius 1 is 1.14 bits per heavy atom. The Balaban J connectivity index is 1.48. The van der Waals surface area contributed by atoms with Gasteiger partial charge in [0.05, 0.1) is 12.6 Å². The maximum absolute atomic E-state index is 13.9. The molecule has 3 aromatic rings. The third-order valence-electron chi connectivity index (χ3n) is 5.07. The molecule has 2 amide bonds. The standard InChI is InChI=1S/C22H21FN4O2/c1-15(16-7-3-2-4-8-16)24-21(28)19-13-20-22(29)26(11-12-27(20)25-19)14-17-9-5-6-10-18(17)23/h2-10,13,15H,11-12,14H2,1H3,(H,24,28)/t15-/m0/s1. The molecule has 2 heterocycles. The van der Waals surface area contributed by atoms with Gasteiger partial charge >= 0.3 is 0 Å². The van der Waals surface area contributed by atoms with Crippen molar-refractivity contribution in [2.24, 2.45) is 0 Å². The van der Waals surface area contributed by atoms with Crippen LogP contribution in [0.4, 0.5) is 4.39 Å². The van der Waals surface area contributed by atoms with Crippen LogP contribution < -0.4 is 5.32 Å². The fourth-order valence-electron chi connectivity index (χ4n) is 3.43. The number of aromatic nitrogens is 2. The average molecular weight is 392 g/mol. The van der Waals surface area contributed by atoms with E-state index in [4.69, 9.17) is 0 Å². The van der Waals surface area contributed by atoms with Crippen molar-refractivity contribution in [3.8, 4) is 0 Å². The second kappa shape index (κ2) is 7.87. The summed E-state index contributed by atoms with van der Waals surface area (Å²) in [5.74, 6) is -0.937. The first-order valence-electron chi connectivity index (χ1n) is 9.49. The molecule has 1 aromatic heterocycles. The summed E-state index contributed by atoms with van der Waals surface area (Å²) < 4.78 is 15.5. The molecule has 4 rings (SSSR count). The maximum atomic E-state index is 13.9. The second-order valence-electron chi connectivity index (χ2n) is 7.06. The number of hydrogen-bond donors (Lipinski definition) is 1. The van der Waals surface area contributed by atoms with Crippen LogP contribution in [0.15, 0.2) is 60.7 Å². The predicted octanol–water partition coefficient (Wildman–Crippen LogP) is 3.17. The van der Waals surface area contributed by atoms with Gasteiger partial charge in [-0.25, -0.2) is 4.39 Å². The molecule has 1 aliphatic heterocycles. The van der Waals surface area contributed by atoms with Gasteiger partial charge in [0.1, 0.15) is 11.5 Å². The van der Waals surface area contributed by atoms with Crippen LogP contribution in [-0.2, 0) is 13.1 Å². The summed E-state index contributed by atoms with van der Waals surface area (Å²) in [5.41, 5.74) is 1.98. The number of fused-ring (bicyclic) bond motifs is 1. The summed E-state index contributed by atoms with van der Waals surface area (Å²) in [4.78, 5) is 27.0. The van der Waals surface area contributed by atoms with Gasteiger partial charge in [0.15, 0.2) is 5.69 Å². The summed E-state index contributed by atoms with van der Waals surface area (Å²) in [6.45, 7) is 2.94. The van der Waals surface area contributed by atoms with Crippen LogP contribution in [0.5, 0.6) is 0 Å². The molecule has 1 N–H and O–H groups in total. The molecule has 1 aliphatic rings. The molecule has 29 heavy (non-hydrogen) atoms. The Hall–Kier alpha value is -3.48. The molecule has 2 aromatic carbocycles. The van der Waals surface area contributed by atoms with Crippen molar-refractivity contribution < 1.29 is 14.0 Å². The van der Waals surface area contributed by atoms with E-state index in [1.54, 1.807) is 27.8 Å². The Morgan fingerprint density at radius 2 is 1.86 bits per heavy atom. The molecule has 6 nitrogen and oxygen atoms in total. The van der Waals surface area contributed by atoms with Gasteiger partial charge in [-0.15, -0.1) is 0 Å². The lowest BCUT2D eigenvalue weighted by Gasteiger charge is -2.27. The zero-order valence-electron chi connectivity index (χ0n) is 16.0. The van der Waals surface area contributed by atoms with Crippen LogP contribution in [0.2, 0.25) is 0 Å². The molecule has 1 atom stereocenters. The Labute approximate surface area is 167 Å². The van der Waals surface area contributed by atoms with Gasteiger partial charge in [-0.05, 0) is 18.6 Å². The highest BCUT2D eigenvalue weighted by molar-refractivity contribution is 5.98. The monoisotopic (exact) mass is 392 g/mol. The minimum atomic E-state index is -0.339. The summed E-state index contributed by atoms with van der Waals surface area (Å²) in [5, 5.41) is 7.20. The molecule has 7 heteroatoms. The van der Waals surface area contributed by atoms with Crippen LogP contribution in [0.1, 0.15) is 45.1 Å². The van der Waals surface area contributed by atoms with Crippen molar-refractivity contribution >= 4 is 11.8 Å². The third kappa shape index (κ3) is 3.89. The summed E-state index contributed by atoms with van der Waals surface area (Å²) >= 11 is 0. The highest BCUT2D eigenvalue weighted by atomic mass is 19.1. The lowest BCUT2D eigenvalue weighted by molar-refractivity contribution is 0.0681. The summed E-state index contributed by atoms with van der Waals surface area (Å²) in [6.07, 6.45) is 0.